The normalized spacial score (nSPS) is 21.7. The Balaban J connectivity index is 1.97. The Morgan fingerprint density at radius 1 is 1.53 bits per heavy atom. The molecule has 0 saturated carbocycles. The van der Waals surface area contributed by atoms with Gasteiger partial charge in [0.1, 0.15) is 0 Å². The molecule has 94 valence electrons. The average Bonchev–Trinajstić information content (AvgIpc) is 2.34. The second-order valence-corrected chi connectivity index (χ2v) is 4.95. The molecule has 1 aliphatic heterocycles. The van der Waals surface area contributed by atoms with E-state index in [-0.39, 0.29) is 6.10 Å². The lowest BCUT2D eigenvalue weighted by Crippen LogP contribution is -2.45. The molecule has 0 radical (unpaired) electrons. The van der Waals surface area contributed by atoms with E-state index in [0.29, 0.717) is 6.54 Å². The summed E-state index contributed by atoms with van der Waals surface area (Å²) in [6, 6.07) is 6.20. The molecular formula is C13H19ClN2O. The molecule has 1 fully saturated rings. The molecular weight excluding hydrogens is 236 g/mol. The molecule has 1 saturated heterocycles. The Bertz CT molecular complexity index is 384. The monoisotopic (exact) mass is 254 g/mol. The summed E-state index contributed by atoms with van der Waals surface area (Å²) in [6.45, 7) is 6.23. The lowest BCUT2D eigenvalue weighted by Gasteiger charge is -2.32. The lowest BCUT2D eigenvalue weighted by atomic mass is 10.1. The Morgan fingerprint density at radius 3 is 3.06 bits per heavy atom. The van der Waals surface area contributed by atoms with Crippen molar-refractivity contribution < 1.29 is 4.74 Å². The SMILES string of the molecule is Cc1cc(CN2CCO[C@@H](CN)C2)ccc1Cl. The van der Waals surface area contributed by atoms with Crippen LogP contribution in [0.1, 0.15) is 11.1 Å². The highest BCUT2D eigenvalue weighted by Crippen LogP contribution is 2.18. The lowest BCUT2D eigenvalue weighted by molar-refractivity contribution is -0.0260. The summed E-state index contributed by atoms with van der Waals surface area (Å²) in [4.78, 5) is 2.38. The molecule has 3 nitrogen and oxygen atoms in total. The van der Waals surface area contributed by atoms with Crippen molar-refractivity contribution in [2.75, 3.05) is 26.2 Å². The Labute approximate surface area is 107 Å². The predicted molar refractivity (Wildman–Crippen MR) is 70.3 cm³/mol. The van der Waals surface area contributed by atoms with E-state index in [1.54, 1.807) is 0 Å². The molecule has 0 amide bonds. The summed E-state index contributed by atoms with van der Waals surface area (Å²) < 4.78 is 5.55. The quantitative estimate of drug-likeness (QED) is 0.894. The standard InChI is InChI=1S/C13H19ClN2O/c1-10-6-11(2-3-13(10)14)8-16-4-5-17-12(7-15)9-16/h2-3,6,12H,4-5,7-9,15H2,1H3/t12-/m0/s1. The first kappa shape index (κ1) is 12.8. The summed E-state index contributed by atoms with van der Waals surface area (Å²) in [5.74, 6) is 0. The minimum Gasteiger partial charge on any atom is -0.374 e. The summed E-state index contributed by atoms with van der Waals surface area (Å²) in [7, 11) is 0. The van der Waals surface area contributed by atoms with Crippen molar-refractivity contribution in [3.63, 3.8) is 0 Å². The van der Waals surface area contributed by atoms with Gasteiger partial charge in [0.15, 0.2) is 0 Å². The predicted octanol–water partition coefficient (Wildman–Crippen LogP) is 1.81. The first-order chi connectivity index (χ1) is 8.19. The highest BCUT2D eigenvalue weighted by atomic mass is 35.5. The number of morpholine rings is 1. The molecule has 1 heterocycles. The van der Waals surface area contributed by atoms with E-state index in [1.807, 2.05) is 13.0 Å². The number of benzene rings is 1. The van der Waals surface area contributed by atoms with Crippen LogP contribution in [-0.4, -0.2) is 37.2 Å². The highest BCUT2D eigenvalue weighted by molar-refractivity contribution is 6.31. The Kier molecular flexibility index (Phi) is 4.40. The van der Waals surface area contributed by atoms with Crippen molar-refractivity contribution in [3.8, 4) is 0 Å². The van der Waals surface area contributed by atoms with Gasteiger partial charge in [-0.1, -0.05) is 23.7 Å². The van der Waals surface area contributed by atoms with E-state index in [4.69, 9.17) is 22.1 Å². The van der Waals surface area contributed by atoms with Crippen LogP contribution in [0.25, 0.3) is 0 Å². The maximum Gasteiger partial charge on any atom is 0.0824 e. The smallest absolute Gasteiger partial charge is 0.0824 e. The molecule has 0 bridgehead atoms. The maximum atomic E-state index is 6.02. The number of rotatable bonds is 3. The van der Waals surface area contributed by atoms with E-state index in [9.17, 15) is 0 Å². The third-order valence-corrected chi connectivity index (χ3v) is 3.54. The number of aryl methyl sites for hydroxylation is 1. The largest absolute Gasteiger partial charge is 0.374 e. The van der Waals surface area contributed by atoms with Crippen LogP contribution in [0.2, 0.25) is 5.02 Å². The summed E-state index contributed by atoms with van der Waals surface area (Å²) in [5.41, 5.74) is 8.06. The van der Waals surface area contributed by atoms with Crippen LogP contribution < -0.4 is 5.73 Å². The summed E-state index contributed by atoms with van der Waals surface area (Å²) >= 11 is 6.02. The van der Waals surface area contributed by atoms with Crippen LogP contribution >= 0.6 is 11.6 Å². The van der Waals surface area contributed by atoms with E-state index >= 15 is 0 Å². The van der Waals surface area contributed by atoms with Gasteiger partial charge in [-0.2, -0.15) is 0 Å². The van der Waals surface area contributed by atoms with E-state index in [0.717, 1.165) is 36.8 Å². The molecule has 1 aliphatic rings. The first-order valence-electron chi connectivity index (χ1n) is 5.98. The molecule has 1 aromatic rings. The minimum absolute atomic E-state index is 0.178. The summed E-state index contributed by atoms with van der Waals surface area (Å²) in [6.07, 6.45) is 0.178. The number of hydrogen-bond acceptors (Lipinski definition) is 3. The van der Waals surface area contributed by atoms with Gasteiger partial charge < -0.3 is 10.5 Å². The minimum atomic E-state index is 0.178. The number of hydrogen-bond donors (Lipinski definition) is 1. The molecule has 2 rings (SSSR count). The number of nitrogens with zero attached hydrogens (tertiary/aromatic N) is 1. The van der Waals surface area contributed by atoms with Crippen molar-refractivity contribution >= 4 is 11.6 Å². The molecule has 1 aromatic carbocycles. The van der Waals surface area contributed by atoms with Crippen LogP contribution in [0.3, 0.4) is 0 Å². The zero-order chi connectivity index (χ0) is 12.3. The van der Waals surface area contributed by atoms with Crippen molar-refractivity contribution in [2.24, 2.45) is 5.73 Å². The van der Waals surface area contributed by atoms with Crippen molar-refractivity contribution in [2.45, 2.75) is 19.6 Å². The topological polar surface area (TPSA) is 38.5 Å². The van der Waals surface area contributed by atoms with Gasteiger partial charge in [0, 0.05) is 31.2 Å². The van der Waals surface area contributed by atoms with E-state index in [2.05, 4.69) is 17.0 Å². The van der Waals surface area contributed by atoms with Crippen LogP contribution in [0.15, 0.2) is 18.2 Å². The van der Waals surface area contributed by atoms with Crippen molar-refractivity contribution in [3.05, 3.63) is 34.3 Å². The van der Waals surface area contributed by atoms with Crippen LogP contribution in [-0.2, 0) is 11.3 Å². The van der Waals surface area contributed by atoms with Gasteiger partial charge >= 0.3 is 0 Å². The van der Waals surface area contributed by atoms with Gasteiger partial charge in [-0.3, -0.25) is 4.90 Å². The zero-order valence-electron chi connectivity index (χ0n) is 10.2. The van der Waals surface area contributed by atoms with Gasteiger partial charge in [0.05, 0.1) is 12.7 Å². The van der Waals surface area contributed by atoms with Gasteiger partial charge in [-0.25, -0.2) is 0 Å². The van der Waals surface area contributed by atoms with Gasteiger partial charge in [0.2, 0.25) is 0 Å². The van der Waals surface area contributed by atoms with Gasteiger partial charge in [0.25, 0.3) is 0 Å². The highest BCUT2D eigenvalue weighted by Gasteiger charge is 2.19. The van der Waals surface area contributed by atoms with Crippen LogP contribution in [0, 0.1) is 6.92 Å². The molecule has 2 N–H and O–H groups in total. The van der Waals surface area contributed by atoms with Crippen LogP contribution in [0.5, 0.6) is 0 Å². The number of nitrogens with two attached hydrogens (primary N) is 1. The maximum absolute atomic E-state index is 6.02. The second kappa shape index (κ2) is 5.83. The molecule has 0 aliphatic carbocycles. The van der Waals surface area contributed by atoms with E-state index < -0.39 is 0 Å². The third-order valence-electron chi connectivity index (χ3n) is 3.11. The fourth-order valence-electron chi connectivity index (χ4n) is 2.13. The second-order valence-electron chi connectivity index (χ2n) is 4.55. The molecule has 17 heavy (non-hydrogen) atoms. The molecule has 0 aromatic heterocycles. The van der Waals surface area contributed by atoms with Gasteiger partial charge in [-0.05, 0) is 24.1 Å². The summed E-state index contributed by atoms with van der Waals surface area (Å²) in [5, 5.41) is 0.829. The van der Waals surface area contributed by atoms with Crippen LogP contribution in [0.4, 0.5) is 0 Å². The number of halogens is 1. The third kappa shape index (κ3) is 3.42. The Morgan fingerprint density at radius 2 is 2.35 bits per heavy atom. The number of ether oxygens (including phenoxy) is 1. The van der Waals surface area contributed by atoms with E-state index in [1.165, 1.54) is 5.56 Å². The van der Waals surface area contributed by atoms with Gasteiger partial charge in [-0.15, -0.1) is 0 Å². The fraction of sp³-hybridized carbons (Fsp3) is 0.538. The first-order valence-corrected chi connectivity index (χ1v) is 6.36. The van der Waals surface area contributed by atoms with Crippen molar-refractivity contribution in [1.29, 1.82) is 0 Å². The molecule has 1 atom stereocenters. The molecule has 0 unspecified atom stereocenters. The zero-order valence-corrected chi connectivity index (χ0v) is 10.9. The Hall–Kier alpha value is -0.610. The molecule has 0 spiro atoms. The fourth-order valence-corrected chi connectivity index (χ4v) is 2.25. The molecule has 4 heteroatoms. The van der Waals surface area contributed by atoms with Crippen molar-refractivity contribution in [1.82, 2.24) is 4.90 Å². The average molecular weight is 255 g/mol.